The van der Waals surface area contributed by atoms with Crippen molar-refractivity contribution in [1.29, 1.82) is 0 Å². The number of ether oxygens (including phenoxy) is 1. The maximum Gasteiger partial charge on any atom is 0.416 e. The third-order valence-electron chi connectivity index (χ3n) is 5.93. The highest BCUT2D eigenvalue weighted by molar-refractivity contribution is 7.92. The molecule has 3 aromatic rings. The van der Waals surface area contributed by atoms with E-state index < -0.39 is 63.0 Å². The van der Waals surface area contributed by atoms with Crippen molar-refractivity contribution in [3.05, 3.63) is 77.9 Å². The minimum atomic E-state index is -4.81. The monoisotopic (exact) mass is 557 g/mol. The van der Waals surface area contributed by atoms with Crippen LogP contribution in [0.5, 0.6) is 5.75 Å². The first kappa shape index (κ1) is 27.3. The molecule has 13 heteroatoms. The Morgan fingerprint density at radius 1 is 1.08 bits per heavy atom. The molecule has 0 aliphatic carbocycles. The van der Waals surface area contributed by atoms with Gasteiger partial charge in [0.15, 0.2) is 6.10 Å². The van der Waals surface area contributed by atoms with Gasteiger partial charge in [-0.15, -0.1) is 0 Å². The molecular weight excluding hydrogens is 537 g/mol. The highest BCUT2D eigenvalue weighted by Crippen LogP contribution is 2.41. The molecule has 1 heterocycles. The highest BCUT2D eigenvalue weighted by atomic mass is 32.2. The molecule has 0 bridgehead atoms. The zero-order chi connectivity index (χ0) is 27.8. The number of carbonyl (C=O) groups is 1. The second-order valence-electron chi connectivity index (χ2n) is 8.54. The van der Waals surface area contributed by atoms with Gasteiger partial charge in [-0.2, -0.15) is 13.2 Å². The number of rotatable bonds is 7. The van der Waals surface area contributed by atoms with E-state index in [1.165, 1.54) is 18.2 Å². The molecule has 0 radical (unpaired) electrons. The molecule has 7 nitrogen and oxygen atoms in total. The van der Waals surface area contributed by atoms with Crippen molar-refractivity contribution in [2.24, 2.45) is 0 Å². The Bertz CT molecular complexity index is 1480. The quantitative estimate of drug-likeness (QED) is 0.404. The van der Waals surface area contributed by atoms with Crippen molar-refractivity contribution in [1.82, 2.24) is 0 Å². The van der Waals surface area contributed by atoms with Gasteiger partial charge < -0.3 is 14.9 Å². The van der Waals surface area contributed by atoms with Gasteiger partial charge in [-0.25, -0.2) is 22.0 Å². The molecule has 0 saturated heterocycles. The first-order valence-electron chi connectivity index (χ1n) is 11.1. The predicted molar refractivity (Wildman–Crippen MR) is 125 cm³/mol. The number of carboxylic acids is 1. The number of aliphatic hydroxyl groups excluding tert-OH is 1. The van der Waals surface area contributed by atoms with Gasteiger partial charge in [0, 0.05) is 5.56 Å². The van der Waals surface area contributed by atoms with E-state index in [9.17, 15) is 40.3 Å². The van der Waals surface area contributed by atoms with E-state index in [1.54, 1.807) is 0 Å². The standard InChI is InChI=1S/C25H20F5NO6S/c26-16-5-7-20(27)19(12-16)14-4-9-23-21(10-14)31(13-17(37-23)6-8-22(32)24(33)34)38(35,36)18-3-1-2-15(11-18)25(28,29)30/h1-5,7,9-12,17,22,32H,6,8,13H2,(H,33,34)/t17-,22?/m0/s1. The molecule has 0 amide bonds. The van der Waals surface area contributed by atoms with Gasteiger partial charge >= 0.3 is 12.1 Å². The lowest BCUT2D eigenvalue weighted by molar-refractivity contribution is -0.147. The largest absolute Gasteiger partial charge is 0.486 e. The van der Waals surface area contributed by atoms with E-state index in [-0.39, 0.29) is 35.4 Å². The molecule has 1 aliphatic rings. The van der Waals surface area contributed by atoms with E-state index in [2.05, 4.69) is 0 Å². The number of halogens is 5. The van der Waals surface area contributed by atoms with Gasteiger partial charge in [0.05, 0.1) is 22.7 Å². The molecule has 4 rings (SSSR count). The first-order chi connectivity index (χ1) is 17.8. The fourth-order valence-electron chi connectivity index (χ4n) is 4.00. The number of benzene rings is 3. The lowest BCUT2D eigenvalue weighted by Gasteiger charge is -2.36. The molecule has 0 saturated carbocycles. The van der Waals surface area contributed by atoms with Crippen LogP contribution in [-0.4, -0.2) is 43.4 Å². The van der Waals surface area contributed by atoms with E-state index in [0.29, 0.717) is 12.1 Å². The molecule has 3 aromatic carbocycles. The Kier molecular flexibility index (Phi) is 7.35. The van der Waals surface area contributed by atoms with Crippen LogP contribution >= 0.6 is 0 Å². The molecule has 38 heavy (non-hydrogen) atoms. The van der Waals surface area contributed by atoms with Crippen molar-refractivity contribution < 1.29 is 50.1 Å². The van der Waals surface area contributed by atoms with Crippen molar-refractivity contribution in [3.8, 4) is 16.9 Å². The van der Waals surface area contributed by atoms with Crippen molar-refractivity contribution >= 4 is 21.7 Å². The summed E-state index contributed by atoms with van der Waals surface area (Å²) in [4.78, 5) is 10.3. The van der Waals surface area contributed by atoms with Crippen LogP contribution in [0.2, 0.25) is 0 Å². The van der Waals surface area contributed by atoms with E-state index >= 15 is 0 Å². The topological polar surface area (TPSA) is 104 Å². The number of anilines is 1. The molecule has 2 atom stereocenters. The number of alkyl halides is 3. The van der Waals surface area contributed by atoms with Crippen LogP contribution in [0.1, 0.15) is 18.4 Å². The van der Waals surface area contributed by atoms with Crippen molar-refractivity contribution in [2.75, 3.05) is 10.8 Å². The summed E-state index contributed by atoms with van der Waals surface area (Å²) >= 11 is 0. The van der Waals surface area contributed by atoms with Gasteiger partial charge in [0.1, 0.15) is 23.5 Å². The smallest absolute Gasteiger partial charge is 0.416 e. The molecule has 0 aromatic heterocycles. The summed E-state index contributed by atoms with van der Waals surface area (Å²) in [5.41, 5.74) is -1.44. The number of hydrogen-bond donors (Lipinski definition) is 2. The van der Waals surface area contributed by atoms with Crippen LogP contribution in [0, 0.1) is 11.6 Å². The maximum atomic E-state index is 14.4. The maximum absolute atomic E-state index is 14.4. The van der Waals surface area contributed by atoms with Crippen LogP contribution < -0.4 is 9.04 Å². The van der Waals surface area contributed by atoms with Crippen molar-refractivity contribution in [2.45, 2.75) is 36.1 Å². The average molecular weight is 557 g/mol. The van der Waals surface area contributed by atoms with E-state index in [0.717, 1.165) is 34.6 Å². The number of aliphatic carboxylic acids is 1. The lowest BCUT2D eigenvalue weighted by atomic mass is 10.0. The third kappa shape index (κ3) is 5.58. The molecule has 0 spiro atoms. The van der Waals surface area contributed by atoms with Gasteiger partial charge in [-0.3, -0.25) is 4.31 Å². The Morgan fingerprint density at radius 2 is 1.82 bits per heavy atom. The number of carboxylic acid groups (broad SMARTS) is 1. The highest BCUT2D eigenvalue weighted by Gasteiger charge is 2.37. The summed E-state index contributed by atoms with van der Waals surface area (Å²) in [7, 11) is -4.66. The van der Waals surface area contributed by atoms with Crippen LogP contribution in [0.3, 0.4) is 0 Å². The van der Waals surface area contributed by atoms with Gasteiger partial charge in [0.2, 0.25) is 0 Å². The van der Waals surface area contributed by atoms with E-state index in [1.807, 2.05) is 0 Å². The third-order valence-corrected chi connectivity index (χ3v) is 7.70. The van der Waals surface area contributed by atoms with Crippen LogP contribution in [0.15, 0.2) is 65.6 Å². The van der Waals surface area contributed by atoms with Crippen LogP contribution in [-0.2, 0) is 21.0 Å². The number of nitrogens with zero attached hydrogens (tertiary/aromatic N) is 1. The SMILES string of the molecule is O=C(O)C(O)CC[C@H]1CN(S(=O)(=O)c2cccc(C(F)(F)F)c2)c2cc(-c3cc(F)ccc3F)ccc2O1. The summed E-state index contributed by atoms with van der Waals surface area (Å²) in [5.74, 6) is -3.07. The molecule has 0 fully saturated rings. The molecule has 1 unspecified atom stereocenters. The fraction of sp³-hybridized carbons (Fsp3) is 0.240. The fourth-order valence-corrected chi connectivity index (χ4v) is 5.55. The minimum absolute atomic E-state index is 0.0397. The number of hydrogen-bond acceptors (Lipinski definition) is 5. The summed E-state index contributed by atoms with van der Waals surface area (Å²) in [6.45, 7) is -0.451. The van der Waals surface area contributed by atoms with Gasteiger partial charge in [0.25, 0.3) is 10.0 Å². The lowest BCUT2D eigenvalue weighted by Crippen LogP contribution is -2.44. The molecule has 1 aliphatic heterocycles. The first-order valence-corrected chi connectivity index (χ1v) is 12.6. The number of fused-ring (bicyclic) bond motifs is 1. The average Bonchev–Trinajstić information content (AvgIpc) is 2.87. The van der Waals surface area contributed by atoms with Crippen molar-refractivity contribution in [3.63, 3.8) is 0 Å². The molecule has 2 N–H and O–H groups in total. The Hall–Kier alpha value is -3.71. The minimum Gasteiger partial charge on any atom is -0.486 e. The van der Waals surface area contributed by atoms with Gasteiger partial charge in [-0.05, 0) is 66.9 Å². The summed E-state index contributed by atoms with van der Waals surface area (Å²) < 4.78 is 102. The van der Waals surface area contributed by atoms with Gasteiger partial charge in [-0.1, -0.05) is 12.1 Å². The zero-order valence-electron chi connectivity index (χ0n) is 19.3. The number of aliphatic hydroxyl groups is 1. The zero-order valence-corrected chi connectivity index (χ0v) is 20.1. The van der Waals surface area contributed by atoms with E-state index in [4.69, 9.17) is 9.84 Å². The predicted octanol–water partition coefficient (Wildman–Crippen LogP) is 4.83. The number of sulfonamides is 1. The summed E-state index contributed by atoms with van der Waals surface area (Å²) in [6.07, 6.45) is -7.94. The Morgan fingerprint density at radius 3 is 2.50 bits per heavy atom. The molecular formula is C25H20F5NO6S. The second-order valence-corrected chi connectivity index (χ2v) is 10.4. The molecule has 202 valence electrons. The normalized spacial score (nSPS) is 16.5. The summed E-state index contributed by atoms with van der Waals surface area (Å²) in [6, 6.07) is 9.67. The summed E-state index contributed by atoms with van der Waals surface area (Å²) in [5, 5.41) is 18.5. The Balaban J connectivity index is 1.80. The second kappa shape index (κ2) is 10.2. The van der Waals surface area contributed by atoms with Crippen LogP contribution in [0.25, 0.3) is 11.1 Å². The van der Waals surface area contributed by atoms with Crippen LogP contribution in [0.4, 0.5) is 27.6 Å². The Labute approximate surface area is 213 Å².